The van der Waals surface area contributed by atoms with Crippen LogP contribution < -0.4 is 14.8 Å². The fraction of sp³-hybridized carbons (Fsp3) is 0.238. The van der Waals surface area contributed by atoms with Gasteiger partial charge in [0, 0.05) is 39.5 Å². The maximum atomic E-state index is 13.9. The molecular formula is C21H21FN4O4S. The van der Waals surface area contributed by atoms with Crippen molar-refractivity contribution in [3.05, 3.63) is 48.0 Å². The van der Waals surface area contributed by atoms with Crippen LogP contribution in [0.3, 0.4) is 0 Å². The number of anilines is 3. The molecule has 1 aliphatic heterocycles. The Kier molecular flexibility index (Phi) is 5.40. The second-order valence-corrected chi connectivity index (χ2v) is 9.56. The van der Waals surface area contributed by atoms with Gasteiger partial charge in [-0.05, 0) is 42.6 Å². The zero-order valence-corrected chi connectivity index (χ0v) is 17.8. The number of fused-ring (bicyclic) bond motifs is 1. The lowest BCUT2D eigenvalue weighted by Gasteiger charge is -2.17. The summed E-state index contributed by atoms with van der Waals surface area (Å²) in [7, 11) is -2.45. The number of aryl methyl sites for hydroxylation is 1. The van der Waals surface area contributed by atoms with Crippen LogP contribution in [0, 0.1) is 12.7 Å². The number of nitrogens with zero attached hydrogens (tertiary/aromatic N) is 2. The van der Waals surface area contributed by atoms with E-state index in [1.165, 1.54) is 30.8 Å². The van der Waals surface area contributed by atoms with Crippen LogP contribution in [0.2, 0.25) is 0 Å². The minimum Gasteiger partial charge on any atom is -0.476 e. The molecule has 0 spiro atoms. The molecule has 162 valence electrons. The lowest BCUT2D eigenvalue weighted by atomic mass is 10.1. The number of carbonyl (C=O) groups excluding carboxylic acids is 1. The number of hydrogen-bond acceptors (Lipinski definition) is 7. The molecule has 0 aliphatic carbocycles. The Morgan fingerprint density at radius 1 is 1.29 bits per heavy atom. The third kappa shape index (κ3) is 4.69. The molecule has 2 atom stereocenters. The molecule has 0 radical (unpaired) electrons. The van der Waals surface area contributed by atoms with Gasteiger partial charge in [0.15, 0.2) is 6.10 Å². The molecule has 2 aromatic carbocycles. The zero-order chi connectivity index (χ0) is 22.2. The molecule has 1 saturated heterocycles. The first kappa shape index (κ1) is 20.9. The Morgan fingerprint density at radius 3 is 2.81 bits per heavy atom. The quantitative estimate of drug-likeness (QED) is 0.445. The molecule has 3 aromatic rings. The van der Waals surface area contributed by atoms with E-state index in [9.17, 15) is 13.4 Å². The van der Waals surface area contributed by atoms with Gasteiger partial charge in [-0.1, -0.05) is 0 Å². The highest BCUT2D eigenvalue weighted by molar-refractivity contribution is 8.00. The number of ether oxygens (including phenoxy) is 2. The van der Waals surface area contributed by atoms with Crippen molar-refractivity contribution in [1.82, 2.24) is 9.97 Å². The highest BCUT2D eigenvalue weighted by Crippen LogP contribution is 2.34. The Labute approximate surface area is 178 Å². The van der Waals surface area contributed by atoms with Crippen molar-refractivity contribution >= 4 is 49.6 Å². The van der Waals surface area contributed by atoms with E-state index in [1.54, 1.807) is 6.07 Å². The van der Waals surface area contributed by atoms with Gasteiger partial charge in [-0.2, -0.15) is 0 Å². The molecule has 1 aliphatic rings. The van der Waals surface area contributed by atoms with Crippen molar-refractivity contribution in [3.8, 4) is 5.75 Å². The van der Waals surface area contributed by atoms with Gasteiger partial charge < -0.3 is 19.5 Å². The predicted octanol–water partition coefficient (Wildman–Crippen LogP) is 3.19. The number of rotatable bonds is 6. The molecule has 8 nitrogen and oxygen atoms in total. The number of halogens is 1. The van der Waals surface area contributed by atoms with E-state index in [0.717, 1.165) is 10.9 Å². The van der Waals surface area contributed by atoms with Gasteiger partial charge in [0.05, 0.1) is 17.8 Å². The molecular weight excluding hydrogens is 423 g/mol. The second kappa shape index (κ2) is 8.03. The van der Waals surface area contributed by atoms with Crippen molar-refractivity contribution < 1.29 is 22.9 Å². The van der Waals surface area contributed by atoms with Gasteiger partial charge in [0.2, 0.25) is 0 Å². The number of esters is 1. The van der Waals surface area contributed by atoms with Crippen molar-refractivity contribution in [2.45, 2.75) is 19.4 Å². The second-order valence-electron chi connectivity index (χ2n) is 7.34. The molecule has 1 aromatic heterocycles. The Morgan fingerprint density at radius 2 is 2.10 bits per heavy atom. The predicted molar refractivity (Wildman–Crippen MR) is 119 cm³/mol. The average molecular weight is 444 g/mol. The molecule has 0 amide bonds. The number of cyclic esters (lactones) is 1. The van der Waals surface area contributed by atoms with E-state index in [4.69, 9.17) is 9.47 Å². The monoisotopic (exact) mass is 444 g/mol. The van der Waals surface area contributed by atoms with Crippen molar-refractivity contribution in [3.63, 3.8) is 0 Å². The molecule has 10 heteroatoms. The van der Waals surface area contributed by atoms with Crippen molar-refractivity contribution in [2.24, 2.45) is 0 Å². The zero-order valence-electron chi connectivity index (χ0n) is 17.0. The molecule has 2 N–H and O–H groups in total. The number of carbonyl (C=O) groups is 1. The van der Waals surface area contributed by atoms with Crippen molar-refractivity contribution in [1.29, 1.82) is 0 Å². The summed E-state index contributed by atoms with van der Waals surface area (Å²) in [6, 6.07) is 7.58. The smallest absolute Gasteiger partial charge is 0.347 e. The van der Waals surface area contributed by atoms with Crippen LogP contribution in [0.5, 0.6) is 5.75 Å². The Hall–Kier alpha value is -3.40. The highest BCUT2D eigenvalue weighted by atomic mass is 32.2. The van der Waals surface area contributed by atoms with Crippen LogP contribution in [0.1, 0.15) is 12.0 Å². The first-order valence-electron chi connectivity index (χ1n) is 9.45. The minimum atomic E-state index is -2.45. The van der Waals surface area contributed by atoms with Gasteiger partial charge in [-0.25, -0.2) is 23.4 Å². The van der Waals surface area contributed by atoms with Crippen LogP contribution in [-0.4, -0.2) is 45.0 Å². The summed E-state index contributed by atoms with van der Waals surface area (Å²) < 4.78 is 39.4. The Balaban J connectivity index is 1.71. The summed E-state index contributed by atoms with van der Waals surface area (Å²) in [5.74, 6) is 3.29. The largest absolute Gasteiger partial charge is 0.476 e. The molecule has 1 fully saturated rings. The van der Waals surface area contributed by atoms with E-state index >= 15 is 0 Å². The SMILES string of the molecule is C=S(C)(=O)Nc1cc(C)c2c(Nc3ccc(F)cc3OC3CCOC3=O)ncnc2c1. The first-order valence-corrected chi connectivity index (χ1v) is 11.6. The van der Waals surface area contributed by atoms with Gasteiger partial charge in [-0.3, -0.25) is 0 Å². The van der Waals surface area contributed by atoms with E-state index in [2.05, 4.69) is 25.9 Å². The number of benzene rings is 2. The van der Waals surface area contributed by atoms with E-state index in [1.807, 2.05) is 13.0 Å². The van der Waals surface area contributed by atoms with Crippen molar-refractivity contribution in [2.75, 3.05) is 22.9 Å². The molecule has 2 unspecified atom stereocenters. The Bertz CT molecular complexity index is 1280. The number of aromatic nitrogens is 2. The van der Waals surface area contributed by atoms with E-state index in [-0.39, 0.29) is 12.4 Å². The topological polar surface area (TPSA) is 102 Å². The van der Waals surface area contributed by atoms with E-state index in [0.29, 0.717) is 29.1 Å². The normalized spacial score (nSPS) is 17.8. The molecule has 31 heavy (non-hydrogen) atoms. The number of hydrogen-bond donors (Lipinski definition) is 2. The summed E-state index contributed by atoms with van der Waals surface area (Å²) >= 11 is 0. The van der Waals surface area contributed by atoms with Gasteiger partial charge in [-0.15, -0.1) is 0 Å². The standard InChI is InChI=1S/C21H21FN4O4S/c1-12-8-14(26-31(2,3)28)10-16-19(12)20(24-11-23-16)25-15-5-4-13(22)9-18(15)30-17-6-7-29-21(17)27/h4-5,8-11,17H,2,6-7H2,1,3H3,(H,26,28)(H,23,24,25). The summed E-state index contributed by atoms with van der Waals surface area (Å²) in [4.78, 5) is 20.4. The molecule has 0 saturated carbocycles. The summed E-state index contributed by atoms with van der Waals surface area (Å²) in [6.07, 6.45) is 2.51. The molecule has 0 bridgehead atoms. The minimum absolute atomic E-state index is 0.175. The summed E-state index contributed by atoms with van der Waals surface area (Å²) in [6.45, 7) is 2.14. The first-order chi connectivity index (χ1) is 14.7. The maximum absolute atomic E-state index is 13.9. The third-order valence-electron chi connectivity index (χ3n) is 4.62. The van der Waals surface area contributed by atoms with Gasteiger partial charge in [0.1, 0.15) is 23.7 Å². The lowest BCUT2D eigenvalue weighted by molar-refractivity contribution is -0.143. The van der Waals surface area contributed by atoms with Crippen LogP contribution in [-0.2, 0) is 19.2 Å². The molecule has 2 heterocycles. The van der Waals surface area contributed by atoms with Crippen LogP contribution in [0.25, 0.3) is 10.9 Å². The molecule has 4 rings (SSSR count). The lowest BCUT2D eigenvalue weighted by Crippen LogP contribution is -2.22. The van der Waals surface area contributed by atoms with Crippen LogP contribution in [0.15, 0.2) is 36.7 Å². The maximum Gasteiger partial charge on any atom is 0.347 e. The fourth-order valence-electron chi connectivity index (χ4n) is 3.36. The third-order valence-corrected chi connectivity index (χ3v) is 5.29. The van der Waals surface area contributed by atoms with Crippen LogP contribution >= 0.6 is 0 Å². The van der Waals surface area contributed by atoms with Crippen LogP contribution in [0.4, 0.5) is 21.6 Å². The summed E-state index contributed by atoms with van der Waals surface area (Å²) in [5, 5.41) is 3.89. The highest BCUT2D eigenvalue weighted by Gasteiger charge is 2.29. The summed E-state index contributed by atoms with van der Waals surface area (Å²) in [5.41, 5.74) is 2.52. The van der Waals surface area contributed by atoms with Gasteiger partial charge in [0.25, 0.3) is 0 Å². The average Bonchev–Trinajstić information content (AvgIpc) is 3.07. The fourth-order valence-corrected chi connectivity index (χ4v) is 3.97. The number of nitrogens with one attached hydrogen (secondary N) is 2. The van der Waals surface area contributed by atoms with E-state index < -0.39 is 27.6 Å². The van der Waals surface area contributed by atoms with Gasteiger partial charge >= 0.3 is 5.97 Å².